The number of hydrogen-bond acceptors (Lipinski definition) is 4. The van der Waals surface area contributed by atoms with Crippen molar-refractivity contribution >= 4 is 5.91 Å². The molecule has 1 amide bonds. The fourth-order valence-corrected chi connectivity index (χ4v) is 2.80. The SMILES string of the molecule is CNCC1CCCN1C(=O)c1ccc(OCCCOC)cc1. The quantitative estimate of drug-likeness (QED) is 0.746. The molecule has 1 atom stereocenters. The second-order valence-corrected chi connectivity index (χ2v) is 5.57. The van der Waals surface area contributed by atoms with Crippen molar-refractivity contribution in [3.05, 3.63) is 29.8 Å². The summed E-state index contributed by atoms with van der Waals surface area (Å²) < 4.78 is 10.6. The van der Waals surface area contributed by atoms with Gasteiger partial charge in [0.25, 0.3) is 5.91 Å². The highest BCUT2D eigenvalue weighted by molar-refractivity contribution is 5.94. The maximum Gasteiger partial charge on any atom is 0.254 e. The number of likely N-dealkylation sites (N-methyl/N-ethyl adjacent to an activating group) is 1. The van der Waals surface area contributed by atoms with Gasteiger partial charge in [0.05, 0.1) is 6.61 Å². The van der Waals surface area contributed by atoms with Crippen molar-refractivity contribution in [2.45, 2.75) is 25.3 Å². The van der Waals surface area contributed by atoms with Crippen LogP contribution in [-0.4, -0.2) is 57.3 Å². The van der Waals surface area contributed by atoms with E-state index in [2.05, 4.69) is 5.32 Å². The van der Waals surface area contributed by atoms with Crippen molar-refractivity contribution in [1.29, 1.82) is 0 Å². The first-order valence-electron chi connectivity index (χ1n) is 7.93. The maximum absolute atomic E-state index is 12.6. The Morgan fingerprint density at radius 2 is 2.09 bits per heavy atom. The van der Waals surface area contributed by atoms with Crippen LogP contribution >= 0.6 is 0 Å². The van der Waals surface area contributed by atoms with Gasteiger partial charge in [-0.2, -0.15) is 0 Å². The minimum atomic E-state index is 0.115. The van der Waals surface area contributed by atoms with Gasteiger partial charge in [-0.25, -0.2) is 0 Å². The third-order valence-electron chi connectivity index (χ3n) is 3.94. The molecule has 0 radical (unpaired) electrons. The van der Waals surface area contributed by atoms with Crippen molar-refractivity contribution in [2.75, 3.05) is 40.5 Å². The topological polar surface area (TPSA) is 50.8 Å². The summed E-state index contributed by atoms with van der Waals surface area (Å²) in [5.41, 5.74) is 0.729. The number of rotatable bonds is 8. The summed E-state index contributed by atoms with van der Waals surface area (Å²) >= 11 is 0. The van der Waals surface area contributed by atoms with Crippen LogP contribution in [0.15, 0.2) is 24.3 Å². The lowest BCUT2D eigenvalue weighted by molar-refractivity contribution is 0.0737. The predicted molar refractivity (Wildman–Crippen MR) is 86.4 cm³/mol. The van der Waals surface area contributed by atoms with Gasteiger partial charge < -0.3 is 19.7 Å². The predicted octanol–water partition coefficient (Wildman–Crippen LogP) is 1.93. The summed E-state index contributed by atoms with van der Waals surface area (Å²) in [7, 11) is 3.61. The van der Waals surface area contributed by atoms with Crippen LogP contribution in [0.25, 0.3) is 0 Å². The molecule has 1 aliphatic rings. The van der Waals surface area contributed by atoms with Crippen LogP contribution in [0.4, 0.5) is 0 Å². The van der Waals surface area contributed by atoms with Gasteiger partial charge in [-0.1, -0.05) is 0 Å². The molecule has 0 saturated carbocycles. The Hall–Kier alpha value is -1.59. The average molecular weight is 306 g/mol. The van der Waals surface area contributed by atoms with Crippen molar-refractivity contribution in [2.24, 2.45) is 0 Å². The van der Waals surface area contributed by atoms with E-state index in [1.165, 1.54) is 0 Å². The highest BCUT2D eigenvalue weighted by Gasteiger charge is 2.28. The van der Waals surface area contributed by atoms with Crippen LogP contribution in [0.5, 0.6) is 5.75 Å². The molecule has 22 heavy (non-hydrogen) atoms. The number of carbonyl (C=O) groups excluding carboxylic acids is 1. The van der Waals surface area contributed by atoms with Crippen molar-refractivity contribution in [3.8, 4) is 5.75 Å². The van der Waals surface area contributed by atoms with Crippen molar-refractivity contribution < 1.29 is 14.3 Å². The van der Waals surface area contributed by atoms with E-state index in [0.717, 1.165) is 43.7 Å². The zero-order valence-electron chi connectivity index (χ0n) is 13.5. The van der Waals surface area contributed by atoms with Crippen LogP contribution in [0.3, 0.4) is 0 Å². The molecule has 0 spiro atoms. The Morgan fingerprint density at radius 1 is 1.32 bits per heavy atom. The number of hydrogen-bond donors (Lipinski definition) is 1. The number of nitrogens with zero attached hydrogens (tertiary/aromatic N) is 1. The monoisotopic (exact) mass is 306 g/mol. The normalized spacial score (nSPS) is 17.7. The maximum atomic E-state index is 12.6. The summed E-state index contributed by atoms with van der Waals surface area (Å²) in [5.74, 6) is 0.907. The van der Waals surface area contributed by atoms with Crippen LogP contribution in [0.2, 0.25) is 0 Å². The molecule has 1 aromatic rings. The highest BCUT2D eigenvalue weighted by Crippen LogP contribution is 2.21. The number of carbonyl (C=O) groups is 1. The van der Waals surface area contributed by atoms with Gasteiger partial charge >= 0.3 is 0 Å². The molecular formula is C17H26N2O3. The molecule has 1 aliphatic heterocycles. The third-order valence-corrected chi connectivity index (χ3v) is 3.94. The first kappa shape index (κ1) is 16.8. The van der Waals surface area contributed by atoms with E-state index in [9.17, 15) is 4.79 Å². The molecule has 1 unspecified atom stereocenters. The van der Waals surface area contributed by atoms with Gasteiger partial charge in [-0.05, 0) is 44.2 Å². The molecule has 0 bridgehead atoms. The second-order valence-electron chi connectivity index (χ2n) is 5.57. The van der Waals surface area contributed by atoms with Crippen molar-refractivity contribution in [1.82, 2.24) is 10.2 Å². The molecule has 1 saturated heterocycles. The first-order valence-corrected chi connectivity index (χ1v) is 7.93. The zero-order chi connectivity index (χ0) is 15.8. The highest BCUT2D eigenvalue weighted by atomic mass is 16.5. The van der Waals surface area contributed by atoms with Crippen LogP contribution < -0.4 is 10.1 Å². The average Bonchev–Trinajstić information content (AvgIpc) is 3.00. The van der Waals surface area contributed by atoms with E-state index < -0.39 is 0 Å². The number of ether oxygens (including phenoxy) is 2. The van der Waals surface area contributed by atoms with Crippen molar-refractivity contribution in [3.63, 3.8) is 0 Å². The molecule has 0 aromatic heterocycles. The van der Waals surface area contributed by atoms with Gasteiger partial charge in [0.2, 0.25) is 0 Å². The smallest absolute Gasteiger partial charge is 0.254 e. The standard InChI is InChI=1S/C17H26N2O3/c1-18-13-15-5-3-10-19(15)17(20)14-6-8-16(9-7-14)22-12-4-11-21-2/h6-9,15,18H,3-5,10-13H2,1-2H3. The molecule has 1 aromatic carbocycles. The van der Waals surface area contributed by atoms with Gasteiger partial charge in [-0.15, -0.1) is 0 Å². The fraction of sp³-hybridized carbons (Fsp3) is 0.588. The minimum Gasteiger partial charge on any atom is -0.494 e. The summed E-state index contributed by atoms with van der Waals surface area (Å²) in [6.07, 6.45) is 3.02. The lowest BCUT2D eigenvalue weighted by atomic mass is 10.1. The Balaban J connectivity index is 1.90. The summed E-state index contributed by atoms with van der Waals surface area (Å²) in [5, 5.41) is 3.16. The van der Waals surface area contributed by atoms with E-state index in [-0.39, 0.29) is 5.91 Å². The van der Waals surface area contributed by atoms with Crippen LogP contribution in [0, 0.1) is 0 Å². The number of likely N-dealkylation sites (tertiary alicyclic amines) is 1. The van der Waals surface area contributed by atoms with E-state index >= 15 is 0 Å². The van der Waals surface area contributed by atoms with Gasteiger partial charge in [-0.3, -0.25) is 4.79 Å². The van der Waals surface area contributed by atoms with E-state index in [4.69, 9.17) is 9.47 Å². The number of amides is 1. The lowest BCUT2D eigenvalue weighted by Gasteiger charge is -2.24. The molecule has 1 heterocycles. The van der Waals surface area contributed by atoms with E-state index in [1.54, 1.807) is 7.11 Å². The molecule has 1 fully saturated rings. The second kappa shape index (κ2) is 8.76. The summed E-state index contributed by atoms with van der Waals surface area (Å²) in [4.78, 5) is 14.6. The number of methoxy groups -OCH3 is 1. The summed E-state index contributed by atoms with van der Waals surface area (Å²) in [6.45, 7) is 3.02. The van der Waals surface area contributed by atoms with E-state index in [1.807, 2.05) is 36.2 Å². The van der Waals surface area contributed by atoms with Gasteiger partial charge in [0.1, 0.15) is 5.75 Å². The third kappa shape index (κ3) is 4.45. The molecule has 2 rings (SSSR count). The van der Waals surface area contributed by atoms with Crippen LogP contribution in [-0.2, 0) is 4.74 Å². The zero-order valence-corrected chi connectivity index (χ0v) is 13.5. The van der Waals surface area contributed by atoms with Gasteiger partial charge in [0.15, 0.2) is 0 Å². The molecule has 5 heteroatoms. The Morgan fingerprint density at radius 3 is 2.77 bits per heavy atom. The molecule has 5 nitrogen and oxygen atoms in total. The van der Waals surface area contributed by atoms with Gasteiger partial charge in [0, 0.05) is 44.8 Å². The number of benzene rings is 1. The largest absolute Gasteiger partial charge is 0.494 e. The molecule has 122 valence electrons. The fourth-order valence-electron chi connectivity index (χ4n) is 2.80. The Kier molecular flexibility index (Phi) is 6.68. The molecule has 1 N–H and O–H groups in total. The van der Waals surface area contributed by atoms with E-state index in [0.29, 0.717) is 19.3 Å². The Labute approximate surface area is 132 Å². The number of nitrogens with one attached hydrogen (secondary N) is 1. The first-order chi connectivity index (χ1) is 10.8. The van der Waals surface area contributed by atoms with Crippen LogP contribution in [0.1, 0.15) is 29.6 Å². The minimum absolute atomic E-state index is 0.115. The lowest BCUT2D eigenvalue weighted by Crippen LogP contribution is -2.40. The Bertz CT molecular complexity index is 461. The molecule has 0 aliphatic carbocycles. The summed E-state index contributed by atoms with van der Waals surface area (Å²) in [6, 6.07) is 7.74. The molecular weight excluding hydrogens is 280 g/mol.